The summed E-state index contributed by atoms with van der Waals surface area (Å²) in [7, 11) is 1.40. The van der Waals surface area contributed by atoms with E-state index in [4.69, 9.17) is 10.00 Å². The van der Waals surface area contributed by atoms with Gasteiger partial charge in [-0.05, 0) is 36.8 Å². The number of amides is 2. The van der Waals surface area contributed by atoms with Gasteiger partial charge in [-0.3, -0.25) is 4.79 Å². The third kappa shape index (κ3) is 3.65. The Bertz CT molecular complexity index is 568. The van der Waals surface area contributed by atoms with E-state index in [-0.39, 0.29) is 43.0 Å². The average Bonchev–Trinajstić information content (AvgIpc) is 3.24. The van der Waals surface area contributed by atoms with Crippen molar-refractivity contribution in [2.45, 2.75) is 37.8 Å². The first-order valence-electron chi connectivity index (χ1n) is 8.07. The number of hydrogen-bond donors (Lipinski definition) is 1. The number of rotatable bonds is 3. The summed E-state index contributed by atoms with van der Waals surface area (Å²) in [6.45, 7) is 2.24. The van der Waals surface area contributed by atoms with E-state index < -0.39 is 0 Å². The van der Waals surface area contributed by atoms with Crippen LogP contribution in [0.15, 0.2) is 11.1 Å². The summed E-state index contributed by atoms with van der Waals surface area (Å²) >= 11 is 0. The summed E-state index contributed by atoms with van der Waals surface area (Å²) in [5.41, 5.74) is 2.58. The molecule has 0 aromatic carbocycles. The van der Waals surface area contributed by atoms with Gasteiger partial charge in [-0.15, -0.1) is 12.4 Å². The average molecular weight is 355 g/mol. The molecule has 3 rings (SSSR count). The highest BCUT2D eigenvalue weighted by atomic mass is 35.5. The minimum absolute atomic E-state index is 0. The van der Waals surface area contributed by atoms with Gasteiger partial charge >= 0.3 is 6.09 Å². The van der Waals surface area contributed by atoms with Crippen molar-refractivity contribution in [3.8, 4) is 6.07 Å². The minimum Gasteiger partial charge on any atom is -0.453 e. The maximum Gasteiger partial charge on any atom is 0.410 e. The fourth-order valence-corrected chi connectivity index (χ4v) is 3.76. The molecular weight excluding hydrogens is 332 g/mol. The Balaban J connectivity index is 0.00000208. The van der Waals surface area contributed by atoms with Crippen molar-refractivity contribution in [1.29, 1.82) is 5.26 Å². The molecule has 1 saturated heterocycles. The van der Waals surface area contributed by atoms with E-state index in [1.807, 2.05) is 0 Å². The highest BCUT2D eigenvalue weighted by Crippen LogP contribution is 2.33. The summed E-state index contributed by atoms with van der Waals surface area (Å²) in [5, 5.41) is 12.4. The van der Waals surface area contributed by atoms with E-state index in [2.05, 4.69) is 11.4 Å². The zero-order valence-corrected chi connectivity index (χ0v) is 14.6. The fourth-order valence-electron chi connectivity index (χ4n) is 3.76. The van der Waals surface area contributed by atoms with E-state index in [1.165, 1.54) is 18.3 Å². The van der Waals surface area contributed by atoms with Gasteiger partial charge in [-0.25, -0.2) is 4.79 Å². The van der Waals surface area contributed by atoms with Crippen LogP contribution in [0.4, 0.5) is 4.79 Å². The fraction of sp³-hybridized carbons (Fsp3) is 0.688. The van der Waals surface area contributed by atoms with Crippen molar-refractivity contribution in [2.24, 2.45) is 0 Å². The van der Waals surface area contributed by atoms with E-state index >= 15 is 0 Å². The van der Waals surface area contributed by atoms with Crippen molar-refractivity contribution in [3.63, 3.8) is 0 Å². The van der Waals surface area contributed by atoms with Crippen molar-refractivity contribution in [2.75, 3.05) is 33.3 Å². The molecule has 1 unspecified atom stereocenters. The maximum atomic E-state index is 12.2. The number of methoxy groups -OCH3 is 1. The molecule has 2 amide bonds. The van der Waals surface area contributed by atoms with Crippen molar-refractivity contribution >= 4 is 24.4 Å². The van der Waals surface area contributed by atoms with E-state index in [0.29, 0.717) is 19.6 Å². The summed E-state index contributed by atoms with van der Waals surface area (Å²) in [6, 6.07) is 2.19. The van der Waals surface area contributed by atoms with Crippen LogP contribution in [0.5, 0.6) is 0 Å². The van der Waals surface area contributed by atoms with Gasteiger partial charge in [0.25, 0.3) is 0 Å². The predicted octanol–water partition coefficient (Wildman–Crippen LogP) is 1.05. The lowest BCUT2D eigenvalue weighted by Gasteiger charge is -2.22. The molecule has 3 aliphatic rings. The van der Waals surface area contributed by atoms with Crippen molar-refractivity contribution in [3.05, 3.63) is 11.1 Å². The molecule has 1 atom stereocenters. The first-order chi connectivity index (χ1) is 11.1. The topological polar surface area (TPSA) is 85.7 Å². The number of likely N-dealkylation sites (tertiary alicyclic amines) is 2. The van der Waals surface area contributed by atoms with Crippen LogP contribution in [-0.4, -0.2) is 67.2 Å². The third-order valence-electron chi connectivity index (χ3n) is 4.95. The third-order valence-corrected chi connectivity index (χ3v) is 4.95. The Morgan fingerprint density at radius 2 is 2.00 bits per heavy atom. The SMILES string of the molecule is COC(=O)N1CC2=C(CC(NCC(=O)N3CCCC3C#N)C2)C1.Cl. The van der Waals surface area contributed by atoms with Gasteiger partial charge in [0.1, 0.15) is 6.04 Å². The molecule has 8 heteroatoms. The van der Waals surface area contributed by atoms with Crippen LogP contribution in [0, 0.1) is 11.3 Å². The number of nitrogens with one attached hydrogen (secondary N) is 1. The molecule has 0 spiro atoms. The molecule has 0 bridgehead atoms. The van der Waals surface area contributed by atoms with Gasteiger partial charge in [0, 0.05) is 25.7 Å². The maximum absolute atomic E-state index is 12.2. The Kier molecular flexibility index (Phi) is 6.08. The zero-order valence-electron chi connectivity index (χ0n) is 13.8. The Morgan fingerprint density at radius 3 is 2.58 bits per heavy atom. The molecule has 24 heavy (non-hydrogen) atoms. The smallest absolute Gasteiger partial charge is 0.410 e. The molecule has 7 nitrogen and oxygen atoms in total. The molecule has 1 aliphatic carbocycles. The predicted molar refractivity (Wildman–Crippen MR) is 89.6 cm³/mol. The highest BCUT2D eigenvalue weighted by Gasteiger charge is 2.34. The van der Waals surface area contributed by atoms with Gasteiger partial charge in [0.2, 0.25) is 5.91 Å². The molecule has 2 aliphatic heterocycles. The molecule has 0 aromatic heterocycles. The number of hydrogen-bond acceptors (Lipinski definition) is 5. The second-order valence-corrected chi connectivity index (χ2v) is 6.39. The Hall–Kier alpha value is -1.78. The summed E-state index contributed by atoms with van der Waals surface area (Å²) in [4.78, 5) is 27.1. The number of nitrogens with zero attached hydrogens (tertiary/aromatic N) is 3. The lowest BCUT2D eigenvalue weighted by atomic mass is 10.1. The first kappa shape index (κ1) is 18.6. The number of ether oxygens (including phenoxy) is 1. The number of carbonyl (C=O) groups is 2. The summed E-state index contributed by atoms with van der Waals surface area (Å²) in [6.07, 6.45) is 3.16. The lowest BCUT2D eigenvalue weighted by molar-refractivity contribution is -0.130. The zero-order chi connectivity index (χ0) is 16.4. The van der Waals surface area contributed by atoms with Crippen LogP contribution in [-0.2, 0) is 9.53 Å². The Labute approximate surface area is 148 Å². The Morgan fingerprint density at radius 1 is 1.33 bits per heavy atom. The molecule has 2 heterocycles. The van der Waals surface area contributed by atoms with Crippen LogP contribution in [0.2, 0.25) is 0 Å². The monoisotopic (exact) mass is 354 g/mol. The van der Waals surface area contributed by atoms with Crippen LogP contribution in [0.3, 0.4) is 0 Å². The van der Waals surface area contributed by atoms with Gasteiger partial charge in [0.05, 0.1) is 19.7 Å². The summed E-state index contributed by atoms with van der Waals surface area (Å²) < 4.78 is 4.75. The van der Waals surface area contributed by atoms with Gasteiger partial charge < -0.3 is 19.9 Å². The normalized spacial score (nSPS) is 23.1. The molecule has 0 aromatic rings. The number of halogens is 1. The molecule has 0 saturated carbocycles. The minimum atomic E-state index is -0.282. The van der Waals surface area contributed by atoms with E-state index in [9.17, 15) is 9.59 Å². The van der Waals surface area contributed by atoms with E-state index in [1.54, 1.807) is 9.80 Å². The van der Waals surface area contributed by atoms with Crippen LogP contribution in [0.25, 0.3) is 0 Å². The number of nitriles is 1. The lowest BCUT2D eigenvalue weighted by Crippen LogP contribution is -2.43. The van der Waals surface area contributed by atoms with Crippen LogP contribution >= 0.6 is 12.4 Å². The van der Waals surface area contributed by atoms with Gasteiger partial charge in [-0.1, -0.05) is 0 Å². The molecule has 1 fully saturated rings. The number of carbonyl (C=O) groups excluding carboxylic acids is 2. The largest absolute Gasteiger partial charge is 0.453 e. The summed E-state index contributed by atoms with van der Waals surface area (Å²) in [5.74, 6) is 0.0114. The van der Waals surface area contributed by atoms with Crippen molar-refractivity contribution < 1.29 is 14.3 Å². The molecule has 132 valence electrons. The quantitative estimate of drug-likeness (QED) is 0.766. The second kappa shape index (κ2) is 7.86. The van der Waals surface area contributed by atoms with E-state index in [0.717, 1.165) is 25.7 Å². The van der Waals surface area contributed by atoms with Crippen LogP contribution in [0.1, 0.15) is 25.7 Å². The highest BCUT2D eigenvalue weighted by molar-refractivity contribution is 5.85. The van der Waals surface area contributed by atoms with Gasteiger partial charge in [0.15, 0.2) is 0 Å². The van der Waals surface area contributed by atoms with Crippen LogP contribution < -0.4 is 5.32 Å². The molecule has 0 radical (unpaired) electrons. The standard InChI is InChI=1S/C16H22N4O3.ClH/c1-23-16(22)19-9-11-5-13(6-12(11)10-19)18-8-15(21)20-4-2-3-14(20)7-17;/h13-14,18H,2-6,8-10H2,1H3;1H. The van der Waals surface area contributed by atoms with Crippen molar-refractivity contribution in [1.82, 2.24) is 15.1 Å². The molecular formula is C16H23ClN4O3. The first-order valence-corrected chi connectivity index (χ1v) is 8.07. The molecule has 1 N–H and O–H groups in total. The second-order valence-electron chi connectivity index (χ2n) is 6.39. The van der Waals surface area contributed by atoms with Gasteiger partial charge in [-0.2, -0.15) is 5.26 Å².